The number of nitrogens with two attached hydrogens (primary N) is 2. The van der Waals surface area contributed by atoms with Crippen molar-refractivity contribution in [3.63, 3.8) is 0 Å². The number of aliphatic imine (C=N–C) groups is 1. The van der Waals surface area contributed by atoms with Crippen LogP contribution < -0.4 is 16.8 Å². The lowest BCUT2D eigenvalue weighted by Crippen LogP contribution is -2.49. The molecule has 5 nitrogen and oxygen atoms in total. The van der Waals surface area contributed by atoms with Crippen molar-refractivity contribution in [1.82, 2.24) is 10.2 Å². The Morgan fingerprint density at radius 2 is 2.29 bits per heavy atom. The van der Waals surface area contributed by atoms with Gasteiger partial charge in [-0.1, -0.05) is 22.9 Å². The van der Waals surface area contributed by atoms with Crippen molar-refractivity contribution in [2.24, 2.45) is 16.5 Å². The molecule has 7 heteroatoms. The van der Waals surface area contributed by atoms with Crippen molar-refractivity contribution in [1.29, 1.82) is 0 Å². The Morgan fingerprint density at radius 3 is 2.81 bits per heavy atom. The first-order valence-corrected chi connectivity index (χ1v) is 8.83. The summed E-state index contributed by atoms with van der Waals surface area (Å²) in [4.78, 5) is 8.60. The SMILES string of the molecule is CCSC1=C(/C=C/Br)NC(=NCCN)C(C)N1/C(C)=C\N. The standard InChI is InChI=1S/C14H24BrN5S/c1-4-21-14-12(5-6-15)19-13(18-8-7-16)11(3)20(14)10(2)9-17/h5-6,9,11H,4,7-8,16-17H2,1-3H3,(H,18,19)/b6-5+,10-9-. The predicted molar refractivity (Wildman–Crippen MR) is 97.0 cm³/mol. The average molecular weight is 374 g/mol. The van der Waals surface area contributed by atoms with E-state index in [0.29, 0.717) is 13.1 Å². The van der Waals surface area contributed by atoms with Gasteiger partial charge in [0.1, 0.15) is 5.84 Å². The normalized spacial score (nSPS) is 22.3. The molecule has 0 aromatic carbocycles. The molecule has 0 saturated carbocycles. The average Bonchev–Trinajstić information content (AvgIpc) is 2.48. The molecule has 0 fully saturated rings. The van der Waals surface area contributed by atoms with Crippen molar-refractivity contribution in [3.8, 4) is 0 Å². The van der Waals surface area contributed by atoms with Gasteiger partial charge in [0.15, 0.2) is 0 Å². The Labute approximate surface area is 139 Å². The third kappa shape index (κ3) is 4.52. The van der Waals surface area contributed by atoms with Crippen LogP contribution in [0.2, 0.25) is 0 Å². The maximum absolute atomic E-state index is 5.75. The molecule has 1 aliphatic rings. The van der Waals surface area contributed by atoms with Crippen LogP contribution in [0.3, 0.4) is 0 Å². The zero-order chi connectivity index (χ0) is 15.8. The number of thioether (sulfide) groups is 1. The molecule has 0 aromatic rings. The van der Waals surface area contributed by atoms with Gasteiger partial charge in [0, 0.05) is 18.4 Å². The number of nitrogens with one attached hydrogen (secondary N) is 1. The van der Waals surface area contributed by atoms with Crippen LogP contribution in [-0.4, -0.2) is 35.6 Å². The molecule has 21 heavy (non-hydrogen) atoms. The van der Waals surface area contributed by atoms with Gasteiger partial charge in [-0.2, -0.15) is 0 Å². The van der Waals surface area contributed by atoms with Gasteiger partial charge < -0.3 is 21.7 Å². The van der Waals surface area contributed by atoms with Crippen molar-refractivity contribution >= 4 is 33.5 Å². The van der Waals surface area contributed by atoms with E-state index in [9.17, 15) is 0 Å². The van der Waals surface area contributed by atoms with Crippen LogP contribution in [0.5, 0.6) is 0 Å². The van der Waals surface area contributed by atoms with Crippen molar-refractivity contribution in [3.05, 3.63) is 33.7 Å². The summed E-state index contributed by atoms with van der Waals surface area (Å²) < 4.78 is 0. The van der Waals surface area contributed by atoms with E-state index in [0.717, 1.165) is 28.0 Å². The fourth-order valence-electron chi connectivity index (χ4n) is 2.09. The molecule has 1 aliphatic heterocycles. The summed E-state index contributed by atoms with van der Waals surface area (Å²) in [6.45, 7) is 7.39. The molecule has 0 amide bonds. The predicted octanol–water partition coefficient (Wildman–Crippen LogP) is 2.29. The monoisotopic (exact) mass is 373 g/mol. The number of hydrogen-bond donors (Lipinski definition) is 3. The summed E-state index contributed by atoms with van der Waals surface area (Å²) in [5.74, 6) is 1.88. The second-order valence-electron chi connectivity index (χ2n) is 4.48. The Hall–Kier alpha value is -0.920. The van der Waals surface area contributed by atoms with Gasteiger partial charge in [0.05, 0.1) is 23.3 Å². The van der Waals surface area contributed by atoms with Gasteiger partial charge in [-0.05, 0) is 30.7 Å². The fraction of sp³-hybridized carbons (Fsp3) is 0.500. The number of halogens is 1. The lowest BCUT2D eigenvalue weighted by Gasteiger charge is -2.39. The molecular formula is C14H24BrN5S. The highest BCUT2D eigenvalue weighted by molar-refractivity contribution is 9.11. The minimum absolute atomic E-state index is 0.0953. The summed E-state index contributed by atoms with van der Waals surface area (Å²) in [7, 11) is 0. The van der Waals surface area contributed by atoms with Crippen LogP contribution in [0.25, 0.3) is 0 Å². The molecule has 0 spiro atoms. The first kappa shape index (κ1) is 18.1. The lowest BCUT2D eigenvalue weighted by molar-refractivity contribution is 0.403. The minimum Gasteiger partial charge on any atom is -0.403 e. The maximum atomic E-state index is 5.75. The molecule has 0 saturated heterocycles. The van der Waals surface area contributed by atoms with Gasteiger partial charge in [0.2, 0.25) is 0 Å². The Bertz CT molecular complexity index is 470. The third-order valence-corrected chi connectivity index (χ3v) is 4.28. The van der Waals surface area contributed by atoms with Crippen LogP contribution in [0.4, 0.5) is 0 Å². The van der Waals surface area contributed by atoms with E-state index in [-0.39, 0.29) is 6.04 Å². The molecule has 0 radical (unpaired) electrons. The van der Waals surface area contributed by atoms with E-state index < -0.39 is 0 Å². The number of nitrogens with zero attached hydrogens (tertiary/aromatic N) is 2. The lowest BCUT2D eigenvalue weighted by atomic mass is 10.1. The summed E-state index contributed by atoms with van der Waals surface area (Å²) in [5, 5.41) is 4.55. The molecule has 1 rings (SSSR count). The maximum Gasteiger partial charge on any atom is 0.124 e. The van der Waals surface area contributed by atoms with Crippen LogP contribution in [0, 0.1) is 0 Å². The van der Waals surface area contributed by atoms with Crippen molar-refractivity contribution in [2.45, 2.75) is 26.8 Å². The summed E-state index contributed by atoms with van der Waals surface area (Å²) >= 11 is 5.12. The highest BCUT2D eigenvalue weighted by Crippen LogP contribution is 2.32. The van der Waals surface area contributed by atoms with Gasteiger partial charge in [-0.3, -0.25) is 4.99 Å². The number of amidine groups is 1. The summed E-state index contributed by atoms with van der Waals surface area (Å²) in [6.07, 6.45) is 3.62. The smallest absolute Gasteiger partial charge is 0.124 e. The zero-order valence-electron chi connectivity index (χ0n) is 12.8. The zero-order valence-corrected chi connectivity index (χ0v) is 15.2. The molecule has 5 N–H and O–H groups in total. The number of hydrogen-bond acceptors (Lipinski definition) is 5. The molecule has 0 aromatic heterocycles. The van der Waals surface area contributed by atoms with E-state index in [4.69, 9.17) is 11.5 Å². The second kappa shape index (κ2) is 9.17. The largest absolute Gasteiger partial charge is 0.403 e. The molecule has 0 aliphatic carbocycles. The van der Waals surface area contributed by atoms with E-state index >= 15 is 0 Å². The quantitative estimate of drug-likeness (QED) is 0.665. The fourth-order valence-corrected chi connectivity index (χ4v) is 3.34. The van der Waals surface area contributed by atoms with Gasteiger partial charge in [-0.15, -0.1) is 11.8 Å². The Kier molecular flexibility index (Phi) is 7.92. The second-order valence-corrected chi connectivity index (χ2v) is 6.26. The van der Waals surface area contributed by atoms with Crippen LogP contribution >= 0.6 is 27.7 Å². The molecule has 1 atom stereocenters. The van der Waals surface area contributed by atoms with E-state index in [1.54, 1.807) is 18.0 Å². The summed E-state index contributed by atoms with van der Waals surface area (Å²) in [5.41, 5.74) is 13.3. The van der Waals surface area contributed by atoms with Crippen molar-refractivity contribution in [2.75, 3.05) is 18.8 Å². The van der Waals surface area contributed by atoms with Crippen LogP contribution in [0.1, 0.15) is 20.8 Å². The molecule has 118 valence electrons. The van der Waals surface area contributed by atoms with Crippen LogP contribution in [-0.2, 0) is 0 Å². The van der Waals surface area contributed by atoms with Gasteiger partial charge in [-0.25, -0.2) is 0 Å². The third-order valence-electron chi connectivity index (χ3n) is 3.04. The van der Waals surface area contributed by atoms with Gasteiger partial charge >= 0.3 is 0 Å². The molecule has 1 unspecified atom stereocenters. The van der Waals surface area contributed by atoms with Gasteiger partial charge in [0.25, 0.3) is 0 Å². The molecular weight excluding hydrogens is 350 g/mol. The summed E-state index contributed by atoms with van der Waals surface area (Å²) in [6, 6.07) is 0.0953. The van der Waals surface area contributed by atoms with E-state index in [1.807, 2.05) is 18.0 Å². The first-order chi connectivity index (χ1) is 10.1. The van der Waals surface area contributed by atoms with E-state index in [1.165, 1.54) is 0 Å². The first-order valence-electron chi connectivity index (χ1n) is 6.93. The number of rotatable bonds is 6. The Morgan fingerprint density at radius 1 is 1.57 bits per heavy atom. The molecule has 0 bridgehead atoms. The van der Waals surface area contributed by atoms with Crippen LogP contribution in [0.15, 0.2) is 38.7 Å². The molecule has 1 heterocycles. The topological polar surface area (TPSA) is 79.7 Å². The Balaban J connectivity index is 3.33. The minimum atomic E-state index is 0.0953. The van der Waals surface area contributed by atoms with Crippen molar-refractivity contribution < 1.29 is 0 Å². The number of allylic oxidation sites excluding steroid dienone is 2. The highest BCUT2D eigenvalue weighted by atomic mass is 79.9. The highest BCUT2D eigenvalue weighted by Gasteiger charge is 2.30. The van der Waals surface area contributed by atoms with E-state index in [2.05, 4.69) is 45.0 Å².